The number of carbonyl (C=O) groups is 1. The second-order valence-corrected chi connectivity index (χ2v) is 6.91. The van der Waals surface area contributed by atoms with E-state index >= 15 is 0 Å². The number of aliphatic hydroxyl groups is 1. The Morgan fingerprint density at radius 1 is 1.25 bits per heavy atom. The fraction of sp³-hybridized carbons (Fsp3) is 0.500. The van der Waals surface area contributed by atoms with Gasteiger partial charge in [0.2, 0.25) is 0 Å². The minimum Gasteiger partial charge on any atom is -0.396 e. The van der Waals surface area contributed by atoms with Crippen LogP contribution in [0, 0.1) is 5.92 Å². The third-order valence-corrected chi connectivity index (χ3v) is 4.86. The number of nitrogens with one attached hydrogen (secondary N) is 2. The fourth-order valence-corrected chi connectivity index (χ4v) is 3.53. The second-order valence-electron chi connectivity index (χ2n) is 6.48. The van der Waals surface area contributed by atoms with Crippen LogP contribution in [-0.2, 0) is 0 Å². The number of anilines is 2. The number of hydrogen-bond donors (Lipinski definition) is 3. The number of amides is 2. The maximum absolute atomic E-state index is 12.3. The van der Waals surface area contributed by atoms with Crippen molar-refractivity contribution in [2.24, 2.45) is 5.92 Å². The Balaban J connectivity index is 1.66. The number of piperidine rings is 1. The minimum absolute atomic E-state index is 0.0419. The van der Waals surface area contributed by atoms with E-state index in [4.69, 9.17) is 16.7 Å². The second kappa shape index (κ2) is 7.90. The highest BCUT2D eigenvalue weighted by Gasteiger charge is 2.21. The molecular formula is C18H24ClN3O2. The van der Waals surface area contributed by atoms with Crippen LogP contribution in [0.15, 0.2) is 30.4 Å². The summed E-state index contributed by atoms with van der Waals surface area (Å²) in [4.78, 5) is 14.6. The van der Waals surface area contributed by atoms with Gasteiger partial charge < -0.3 is 20.6 Å². The van der Waals surface area contributed by atoms with Crippen LogP contribution in [0.2, 0.25) is 5.02 Å². The lowest BCUT2D eigenvalue weighted by Gasteiger charge is -2.30. The number of rotatable bonds is 4. The van der Waals surface area contributed by atoms with Crippen LogP contribution in [0.5, 0.6) is 0 Å². The Kier molecular flexibility index (Phi) is 5.63. The van der Waals surface area contributed by atoms with E-state index in [0.717, 1.165) is 30.9 Å². The lowest BCUT2D eigenvalue weighted by Crippen LogP contribution is -2.37. The number of benzene rings is 1. The summed E-state index contributed by atoms with van der Waals surface area (Å²) in [5.41, 5.74) is 1.76. The molecule has 2 atom stereocenters. The summed E-state index contributed by atoms with van der Waals surface area (Å²) in [5, 5.41) is 15.6. The minimum atomic E-state index is -0.247. The molecule has 0 bridgehead atoms. The van der Waals surface area contributed by atoms with Gasteiger partial charge in [0.25, 0.3) is 0 Å². The topological polar surface area (TPSA) is 64.6 Å². The lowest BCUT2D eigenvalue weighted by atomic mass is 10.1. The SMILES string of the molecule is O=C(Nc1cc(Cl)ccc1N1CCCCC1)N[C@@H]1C=C[C@H](CO)C1. The number of urea groups is 1. The molecule has 3 N–H and O–H groups in total. The van der Waals surface area contributed by atoms with Crippen molar-refractivity contribution in [3.8, 4) is 0 Å². The zero-order valence-corrected chi connectivity index (χ0v) is 14.4. The zero-order chi connectivity index (χ0) is 16.9. The van der Waals surface area contributed by atoms with Crippen LogP contribution < -0.4 is 15.5 Å². The quantitative estimate of drug-likeness (QED) is 0.730. The molecule has 0 saturated carbocycles. The predicted octanol–water partition coefficient (Wildman–Crippen LogP) is 3.39. The molecule has 1 aliphatic heterocycles. The van der Waals surface area contributed by atoms with E-state index < -0.39 is 0 Å². The predicted molar refractivity (Wildman–Crippen MR) is 97.8 cm³/mol. The third-order valence-electron chi connectivity index (χ3n) is 4.63. The average Bonchev–Trinajstić information content (AvgIpc) is 3.03. The third kappa shape index (κ3) is 4.22. The van der Waals surface area contributed by atoms with Gasteiger partial charge in [-0.25, -0.2) is 4.79 Å². The van der Waals surface area contributed by atoms with Crippen LogP contribution in [0.4, 0.5) is 16.2 Å². The van der Waals surface area contributed by atoms with Gasteiger partial charge in [0, 0.05) is 36.7 Å². The Bertz CT molecular complexity index is 614. The van der Waals surface area contributed by atoms with E-state index in [1.54, 1.807) is 6.07 Å². The lowest BCUT2D eigenvalue weighted by molar-refractivity contribution is 0.238. The monoisotopic (exact) mass is 349 g/mol. The maximum Gasteiger partial charge on any atom is 0.319 e. The Labute approximate surface area is 147 Å². The average molecular weight is 350 g/mol. The van der Waals surface area contributed by atoms with E-state index in [0.29, 0.717) is 5.02 Å². The van der Waals surface area contributed by atoms with Crippen molar-refractivity contribution in [2.45, 2.75) is 31.7 Å². The molecule has 6 heteroatoms. The number of aliphatic hydroxyl groups excluding tert-OH is 1. The van der Waals surface area contributed by atoms with Gasteiger partial charge in [-0.3, -0.25) is 0 Å². The van der Waals surface area contributed by atoms with Crippen molar-refractivity contribution < 1.29 is 9.90 Å². The van der Waals surface area contributed by atoms with Gasteiger partial charge in [0.1, 0.15) is 0 Å². The number of nitrogens with zero attached hydrogens (tertiary/aromatic N) is 1. The molecule has 130 valence electrons. The van der Waals surface area contributed by atoms with Crippen LogP contribution in [0.3, 0.4) is 0 Å². The first-order valence-corrected chi connectivity index (χ1v) is 8.94. The van der Waals surface area contributed by atoms with Gasteiger partial charge in [-0.05, 0) is 43.9 Å². The van der Waals surface area contributed by atoms with E-state index in [1.807, 2.05) is 24.3 Å². The zero-order valence-electron chi connectivity index (χ0n) is 13.7. The number of halogens is 1. The van der Waals surface area contributed by atoms with E-state index in [9.17, 15) is 4.79 Å². The summed E-state index contributed by atoms with van der Waals surface area (Å²) in [6.07, 6.45) is 8.21. The van der Waals surface area contributed by atoms with Crippen LogP contribution in [0.1, 0.15) is 25.7 Å². The van der Waals surface area contributed by atoms with E-state index in [-0.39, 0.29) is 24.6 Å². The van der Waals surface area contributed by atoms with E-state index in [1.165, 1.54) is 19.3 Å². The maximum atomic E-state index is 12.3. The standard InChI is InChI=1S/C18H24ClN3O2/c19-14-5-7-17(22-8-2-1-3-9-22)16(11-14)21-18(24)20-15-6-4-13(10-15)12-23/h4-7,11,13,15,23H,1-3,8-10,12H2,(H2,20,21,24)/t13-,15+/m0/s1. The highest BCUT2D eigenvalue weighted by Crippen LogP contribution is 2.31. The molecule has 0 radical (unpaired) electrons. The molecule has 24 heavy (non-hydrogen) atoms. The van der Waals surface area contributed by atoms with Gasteiger partial charge >= 0.3 is 6.03 Å². The molecule has 2 amide bonds. The molecule has 2 aliphatic rings. The summed E-state index contributed by atoms with van der Waals surface area (Å²) >= 11 is 6.12. The van der Waals surface area contributed by atoms with Crippen molar-refractivity contribution in [3.05, 3.63) is 35.4 Å². The molecular weight excluding hydrogens is 326 g/mol. The van der Waals surface area contributed by atoms with Gasteiger partial charge in [-0.2, -0.15) is 0 Å². The van der Waals surface area contributed by atoms with Gasteiger partial charge in [0.15, 0.2) is 0 Å². The van der Waals surface area contributed by atoms with E-state index in [2.05, 4.69) is 15.5 Å². The van der Waals surface area contributed by atoms with Crippen LogP contribution >= 0.6 is 11.6 Å². The smallest absolute Gasteiger partial charge is 0.319 e. The first kappa shape index (κ1) is 17.1. The highest BCUT2D eigenvalue weighted by atomic mass is 35.5. The molecule has 0 spiro atoms. The summed E-state index contributed by atoms with van der Waals surface area (Å²) in [7, 11) is 0. The summed E-state index contributed by atoms with van der Waals surface area (Å²) in [5.74, 6) is 0.130. The number of hydrogen-bond acceptors (Lipinski definition) is 3. The van der Waals surface area contributed by atoms with Crippen LogP contribution in [-0.4, -0.2) is 36.9 Å². The number of carbonyl (C=O) groups excluding carboxylic acids is 1. The summed E-state index contributed by atoms with van der Waals surface area (Å²) in [6, 6.07) is 5.34. The normalized spacial score (nSPS) is 23.3. The van der Waals surface area contributed by atoms with Crippen molar-refractivity contribution in [2.75, 3.05) is 29.9 Å². The Morgan fingerprint density at radius 2 is 2.04 bits per heavy atom. The fourth-order valence-electron chi connectivity index (χ4n) is 3.36. The first-order chi connectivity index (χ1) is 11.7. The molecule has 5 nitrogen and oxygen atoms in total. The van der Waals surface area contributed by atoms with Gasteiger partial charge in [0.05, 0.1) is 11.4 Å². The van der Waals surface area contributed by atoms with Crippen molar-refractivity contribution in [1.29, 1.82) is 0 Å². The van der Waals surface area contributed by atoms with Crippen LogP contribution in [0.25, 0.3) is 0 Å². The summed E-state index contributed by atoms with van der Waals surface area (Å²) < 4.78 is 0. The molecule has 1 aromatic rings. The first-order valence-electron chi connectivity index (χ1n) is 8.57. The highest BCUT2D eigenvalue weighted by molar-refractivity contribution is 6.31. The molecule has 1 aliphatic carbocycles. The Morgan fingerprint density at radius 3 is 2.75 bits per heavy atom. The molecule has 1 saturated heterocycles. The molecule has 1 fully saturated rings. The van der Waals surface area contributed by atoms with Gasteiger partial charge in [-0.1, -0.05) is 23.8 Å². The molecule has 0 aromatic heterocycles. The largest absolute Gasteiger partial charge is 0.396 e. The molecule has 3 rings (SSSR count). The Hall–Kier alpha value is -1.72. The molecule has 0 unspecified atom stereocenters. The molecule has 1 heterocycles. The van der Waals surface area contributed by atoms with Crippen molar-refractivity contribution in [1.82, 2.24) is 5.32 Å². The van der Waals surface area contributed by atoms with Gasteiger partial charge in [-0.15, -0.1) is 0 Å². The molecule has 1 aromatic carbocycles. The van der Waals surface area contributed by atoms with Crippen molar-refractivity contribution >= 4 is 29.0 Å². The van der Waals surface area contributed by atoms with Crippen molar-refractivity contribution in [3.63, 3.8) is 0 Å². The summed E-state index contributed by atoms with van der Waals surface area (Å²) in [6.45, 7) is 2.12.